The van der Waals surface area contributed by atoms with E-state index >= 15 is 0 Å². The van der Waals surface area contributed by atoms with Crippen LogP contribution in [0.3, 0.4) is 0 Å². The van der Waals surface area contributed by atoms with Gasteiger partial charge in [0.1, 0.15) is 0 Å². The van der Waals surface area contributed by atoms with Crippen LogP contribution in [0.2, 0.25) is 0 Å². The summed E-state index contributed by atoms with van der Waals surface area (Å²) in [4.78, 5) is 0. The van der Waals surface area contributed by atoms with E-state index in [0.717, 1.165) is 13.0 Å². The average Bonchev–Trinajstić information content (AvgIpc) is 2.30. The summed E-state index contributed by atoms with van der Waals surface area (Å²) in [5, 5.41) is 0. The Balaban J connectivity index is 2.33. The highest BCUT2D eigenvalue weighted by atomic mass is 35.5. The van der Waals surface area contributed by atoms with Crippen LogP contribution < -0.4 is 0 Å². The van der Waals surface area contributed by atoms with Crippen molar-refractivity contribution in [3.8, 4) is 0 Å². The van der Waals surface area contributed by atoms with Crippen molar-refractivity contribution in [1.82, 2.24) is 0 Å². The van der Waals surface area contributed by atoms with E-state index in [-0.39, 0.29) is 5.41 Å². The first-order valence-corrected chi connectivity index (χ1v) is 5.91. The second kappa shape index (κ2) is 6.14. The molecule has 1 aromatic rings. The summed E-state index contributed by atoms with van der Waals surface area (Å²) in [6.45, 7) is 5.70. The maximum Gasteiger partial charge on any atom is 0.0717 e. The van der Waals surface area contributed by atoms with E-state index in [4.69, 9.17) is 16.3 Å². The third-order valence-electron chi connectivity index (χ3n) is 2.74. The number of ether oxygens (including phenoxy) is 1. The predicted octanol–water partition coefficient (Wildman–Crippen LogP) is 3.86. The lowest BCUT2D eigenvalue weighted by atomic mass is 9.91. The fourth-order valence-electron chi connectivity index (χ4n) is 1.22. The first-order valence-electron chi connectivity index (χ1n) is 5.38. The molecule has 0 bridgehead atoms. The molecular formula is C13H19ClO. The topological polar surface area (TPSA) is 9.23 Å². The van der Waals surface area contributed by atoms with Crippen LogP contribution in [0.4, 0.5) is 0 Å². The molecule has 2 heteroatoms. The van der Waals surface area contributed by atoms with Crippen LogP contribution >= 0.6 is 11.6 Å². The molecule has 1 atom stereocenters. The second-order valence-corrected chi connectivity index (χ2v) is 4.54. The molecule has 0 aromatic heterocycles. The molecule has 1 nitrogen and oxygen atoms in total. The van der Waals surface area contributed by atoms with Gasteiger partial charge < -0.3 is 4.74 Å². The van der Waals surface area contributed by atoms with E-state index in [9.17, 15) is 0 Å². The third-order valence-corrected chi connectivity index (χ3v) is 3.38. The van der Waals surface area contributed by atoms with E-state index < -0.39 is 0 Å². The van der Waals surface area contributed by atoms with Crippen molar-refractivity contribution in [1.29, 1.82) is 0 Å². The summed E-state index contributed by atoms with van der Waals surface area (Å²) in [6.07, 6.45) is 1.05. The average molecular weight is 227 g/mol. The highest BCUT2D eigenvalue weighted by Crippen LogP contribution is 2.23. The van der Waals surface area contributed by atoms with Gasteiger partial charge in [0.15, 0.2) is 0 Å². The summed E-state index contributed by atoms with van der Waals surface area (Å²) in [7, 11) is 0. The van der Waals surface area contributed by atoms with E-state index in [1.54, 1.807) is 0 Å². The number of rotatable bonds is 6. The van der Waals surface area contributed by atoms with Crippen molar-refractivity contribution in [3.05, 3.63) is 35.9 Å². The molecule has 0 fully saturated rings. The Kier molecular flexibility index (Phi) is 5.13. The van der Waals surface area contributed by atoms with Gasteiger partial charge in [-0.1, -0.05) is 44.2 Å². The minimum absolute atomic E-state index is 0.107. The zero-order valence-corrected chi connectivity index (χ0v) is 10.3. The minimum atomic E-state index is 0.107. The van der Waals surface area contributed by atoms with Gasteiger partial charge in [0.25, 0.3) is 0 Å². The molecule has 1 aromatic carbocycles. The molecule has 0 amide bonds. The molecule has 0 spiro atoms. The monoisotopic (exact) mass is 226 g/mol. The molecule has 0 aliphatic carbocycles. The Morgan fingerprint density at radius 1 is 1.27 bits per heavy atom. The first kappa shape index (κ1) is 12.5. The molecule has 0 heterocycles. The largest absolute Gasteiger partial charge is 0.376 e. The SMILES string of the molecule is CCC(C)(CCl)COCc1ccccc1. The maximum absolute atomic E-state index is 5.91. The molecule has 1 unspecified atom stereocenters. The van der Waals surface area contributed by atoms with Crippen LogP contribution in [-0.2, 0) is 11.3 Å². The summed E-state index contributed by atoms with van der Waals surface area (Å²) < 4.78 is 5.68. The standard InChI is InChI=1S/C13H19ClO/c1-3-13(2,10-14)11-15-9-12-7-5-4-6-8-12/h4-8H,3,9-11H2,1-2H3. The van der Waals surface area contributed by atoms with Gasteiger partial charge >= 0.3 is 0 Å². The first-order chi connectivity index (χ1) is 7.20. The van der Waals surface area contributed by atoms with Gasteiger partial charge in [0.05, 0.1) is 13.2 Å². The number of halogens is 1. The highest BCUT2D eigenvalue weighted by molar-refractivity contribution is 6.18. The minimum Gasteiger partial charge on any atom is -0.376 e. The van der Waals surface area contributed by atoms with Crippen molar-refractivity contribution in [2.24, 2.45) is 5.41 Å². The smallest absolute Gasteiger partial charge is 0.0717 e. The van der Waals surface area contributed by atoms with Gasteiger partial charge in [-0.15, -0.1) is 11.6 Å². The van der Waals surface area contributed by atoms with Crippen molar-refractivity contribution >= 4 is 11.6 Å². The normalized spacial score (nSPS) is 14.9. The van der Waals surface area contributed by atoms with Crippen molar-refractivity contribution in [3.63, 3.8) is 0 Å². The molecule has 84 valence electrons. The Morgan fingerprint density at radius 2 is 1.93 bits per heavy atom. The highest BCUT2D eigenvalue weighted by Gasteiger charge is 2.20. The second-order valence-electron chi connectivity index (χ2n) is 4.28. The Labute approximate surface area is 97.4 Å². The lowest BCUT2D eigenvalue weighted by molar-refractivity contribution is 0.0512. The third kappa shape index (κ3) is 4.23. The summed E-state index contributed by atoms with van der Waals surface area (Å²) in [5.41, 5.74) is 1.32. The number of benzene rings is 1. The number of hydrogen-bond acceptors (Lipinski definition) is 1. The van der Waals surface area contributed by atoms with Crippen LogP contribution in [0, 0.1) is 5.41 Å². The molecule has 15 heavy (non-hydrogen) atoms. The molecule has 0 saturated carbocycles. The van der Waals surface area contributed by atoms with Crippen LogP contribution in [0.5, 0.6) is 0 Å². The zero-order chi connectivity index (χ0) is 11.1. The molecule has 0 radical (unpaired) electrons. The van der Waals surface area contributed by atoms with Gasteiger partial charge in [0.2, 0.25) is 0 Å². The van der Waals surface area contributed by atoms with Crippen molar-refractivity contribution < 1.29 is 4.74 Å². The van der Waals surface area contributed by atoms with Crippen LogP contribution in [0.15, 0.2) is 30.3 Å². The van der Waals surface area contributed by atoms with Gasteiger partial charge in [-0.05, 0) is 12.0 Å². The quantitative estimate of drug-likeness (QED) is 0.670. The molecular weight excluding hydrogens is 208 g/mol. The summed E-state index contributed by atoms with van der Waals surface area (Å²) in [5.74, 6) is 0.651. The van der Waals surface area contributed by atoms with Crippen molar-refractivity contribution in [2.75, 3.05) is 12.5 Å². The van der Waals surface area contributed by atoms with E-state index in [0.29, 0.717) is 12.5 Å². The fraction of sp³-hybridized carbons (Fsp3) is 0.538. The van der Waals surface area contributed by atoms with Crippen LogP contribution in [0.25, 0.3) is 0 Å². The molecule has 0 saturated heterocycles. The van der Waals surface area contributed by atoms with Gasteiger partial charge in [-0.3, -0.25) is 0 Å². The Bertz CT molecular complexity index is 267. The number of hydrogen-bond donors (Lipinski definition) is 0. The Hall–Kier alpha value is -0.530. The maximum atomic E-state index is 5.91. The van der Waals surface area contributed by atoms with Crippen molar-refractivity contribution in [2.45, 2.75) is 26.9 Å². The van der Waals surface area contributed by atoms with Gasteiger partial charge in [-0.25, -0.2) is 0 Å². The van der Waals surface area contributed by atoms with E-state index in [1.807, 2.05) is 18.2 Å². The Morgan fingerprint density at radius 3 is 2.47 bits per heavy atom. The van der Waals surface area contributed by atoms with Crippen LogP contribution in [-0.4, -0.2) is 12.5 Å². The lowest BCUT2D eigenvalue weighted by Gasteiger charge is -2.24. The summed E-state index contributed by atoms with van der Waals surface area (Å²) in [6, 6.07) is 10.2. The zero-order valence-electron chi connectivity index (χ0n) is 9.50. The molecule has 0 aliphatic rings. The predicted molar refractivity (Wildman–Crippen MR) is 65.2 cm³/mol. The molecule has 0 aliphatic heterocycles. The van der Waals surface area contributed by atoms with E-state index in [1.165, 1.54) is 5.56 Å². The van der Waals surface area contributed by atoms with Gasteiger partial charge in [-0.2, -0.15) is 0 Å². The lowest BCUT2D eigenvalue weighted by Crippen LogP contribution is -2.24. The van der Waals surface area contributed by atoms with E-state index in [2.05, 4.69) is 26.0 Å². The van der Waals surface area contributed by atoms with Gasteiger partial charge in [0, 0.05) is 11.3 Å². The molecule has 1 rings (SSSR count). The molecule has 0 N–H and O–H groups in total. The summed E-state index contributed by atoms with van der Waals surface area (Å²) >= 11 is 5.91. The van der Waals surface area contributed by atoms with Crippen LogP contribution in [0.1, 0.15) is 25.8 Å². The fourth-order valence-corrected chi connectivity index (χ4v) is 1.49. The number of alkyl halides is 1.